The number of fused-ring (bicyclic) bond motifs is 2. The highest BCUT2D eigenvalue weighted by molar-refractivity contribution is 6.67. The fraction of sp³-hybridized carbons (Fsp3) is 0.357. The SMILES string of the molecule is CCn1nc(C(=O)Cl)c(=O)c2cc3c(cc21)OC(N(C)C)O3. The quantitative estimate of drug-likeness (QED) is 0.795. The molecule has 116 valence electrons. The molecule has 0 amide bonds. The Labute approximate surface area is 131 Å². The second-order valence-corrected chi connectivity index (χ2v) is 5.43. The molecule has 1 aliphatic heterocycles. The highest BCUT2D eigenvalue weighted by Gasteiger charge is 2.28. The third kappa shape index (κ3) is 2.22. The summed E-state index contributed by atoms with van der Waals surface area (Å²) >= 11 is 5.44. The zero-order valence-corrected chi connectivity index (χ0v) is 13.0. The molecule has 8 heteroatoms. The van der Waals surface area contributed by atoms with Gasteiger partial charge in [-0.05, 0) is 38.7 Å². The van der Waals surface area contributed by atoms with Gasteiger partial charge < -0.3 is 9.47 Å². The molecule has 0 fully saturated rings. The molecule has 22 heavy (non-hydrogen) atoms. The fourth-order valence-electron chi connectivity index (χ4n) is 2.30. The summed E-state index contributed by atoms with van der Waals surface area (Å²) in [4.78, 5) is 25.5. The van der Waals surface area contributed by atoms with Crippen molar-refractivity contribution in [1.29, 1.82) is 0 Å². The molecule has 2 heterocycles. The van der Waals surface area contributed by atoms with Crippen molar-refractivity contribution in [3.63, 3.8) is 0 Å². The number of halogens is 1. The van der Waals surface area contributed by atoms with Crippen molar-refractivity contribution in [2.24, 2.45) is 0 Å². The Hall–Kier alpha value is -2.12. The number of rotatable bonds is 3. The van der Waals surface area contributed by atoms with Crippen LogP contribution in [0.2, 0.25) is 0 Å². The van der Waals surface area contributed by atoms with E-state index in [1.165, 1.54) is 0 Å². The van der Waals surface area contributed by atoms with Crippen molar-refractivity contribution in [3.05, 3.63) is 28.0 Å². The third-order valence-corrected chi connectivity index (χ3v) is 3.56. The topological polar surface area (TPSA) is 73.7 Å². The Morgan fingerprint density at radius 3 is 2.55 bits per heavy atom. The van der Waals surface area contributed by atoms with Gasteiger partial charge in [0.2, 0.25) is 5.43 Å². The first-order chi connectivity index (χ1) is 10.4. The Morgan fingerprint density at radius 1 is 1.36 bits per heavy atom. The van der Waals surface area contributed by atoms with Crippen LogP contribution in [0.5, 0.6) is 11.5 Å². The largest absolute Gasteiger partial charge is 0.438 e. The number of benzene rings is 1. The molecule has 0 N–H and O–H groups in total. The van der Waals surface area contributed by atoms with Gasteiger partial charge >= 0.3 is 6.41 Å². The van der Waals surface area contributed by atoms with E-state index in [2.05, 4.69) is 5.10 Å². The van der Waals surface area contributed by atoms with Crippen molar-refractivity contribution in [2.75, 3.05) is 14.1 Å². The Bertz CT molecular complexity index is 831. The molecule has 0 saturated heterocycles. The minimum Gasteiger partial charge on any atom is -0.438 e. The molecule has 3 rings (SSSR count). The molecule has 1 aliphatic rings. The lowest BCUT2D eigenvalue weighted by Crippen LogP contribution is -2.34. The number of hydrogen-bond acceptors (Lipinski definition) is 6. The molecule has 1 aromatic heterocycles. The Kier molecular flexibility index (Phi) is 3.54. The van der Waals surface area contributed by atoms with Crippen LogP contribution in [0.3, 0.4) is 0 Å². The van der Waals surface area contributed by atoms with E-state index in [1.54, 1.807) is 21.7 Å². The first kappa shape index (κ1) is 14.8. The summed E-state index contributed by atoms with van der Waals surface area (Å²) in [6.07, 6.45) is -0.556. The predicted octanol–water partition coefficient (Wildman–Crippen LogP) is 1.41. The average Bonchev–Trinajstić information content (AvgIpc) is 2.89. The molecule has 0 aliphatic carbocycles. The van der Waals surface area contributed by atoms with Gasteiger partial charge in [-0.2, -0.15) is 5.10 Å². The number of hydrogen-bond donors (Lipinski definition) is 0. The number of ether oxygens (including phenoxy) is 2. The number of aryl methyl sites for hydroxylation is 1. The maximum atomic E-state index is 12.4. The summed E-state index contributed by atoms with van der Waals surface area (Å²) in [5.74, 6) is 0.977. The van der Waals surface area contributed by atoms with Crippen LogP contribution in [0.15, 0.2) is 16.9 Å². The molecular weight excluding hydrogens is 310 g/mol. The van der Waals surface area contributed by atoms with E-state index in [-0.39, 0.29) is 5.69 Å². The lowest BCUT2D eigenvalue weighted by Gasteiger charge is -2.16. The van der Waals surface area contributed by atoms with E-state index in [9.17, 15) is 9.59 Å². The molecule has 7 nitrogen and oxygen atoms in total. The third-order valence-electron chi connectivity index (χ3n) is 3.38. The molecule has 2 aromatic rings. The van der Waals surface area contributed by atoms with Crippen LogP contribution in [0.4, 0.5) is 0 Å². The van der Waals surface area contributed by atoms with Crippen LogP contribution in [-0.4, -0.2) is 40.4 Å². The maximum Gasteiger partial charge on any atom is 0.304 e. The lowest BCUT2D eigenvalue weighted by atomic mass is 10.2. The van der Waals surface area contributed by atoms with Crippen LogP contribution >= 0.6 is 11.6 Å². The predicted molar refractivity (Wildman–Crippen MR) is 80.6 cm³/mol. The summed E-state index contributed by atoms with van der Waals surface area (Å²) < 4.78 is 12.8. The van der Waals surface area contributed by atoms with Gasteiger partial charge in [0.25, 0.3) is 5.24 Å². The van der Waals surface area contributed by atoms with E-state index in [4.69, 9.17) is 21.1 Å². The normalized spacial score (nSPS) is 16.5. The molecule has 1 atom stereocenters. The van der Waals surface area contributed by atoms with Crippen LogP contribution < -0.4 is 14.9 Å². The minimum atomic E-state index is -0.877. The standard InChI is InChI=1S/C14H14ClN3O4/c1-4-18-8-6-10-9(21-14(22-10)17(2)3)5-7(8)12(19)11(16-18)13(15)20/h5-6,14H,4H2,1-3H3. The maximum absolute atomic E-state index is 12.4. The van der Waals surface area contributed by atoms with Gasteiger partial charge in [-0.15, -0.1) is 0 Å². The van der Waals surface area contributed by atoms with E-state index >= 15 is 0 Å². The number of nitrogens with zero attached hydrogens (tertiary/aromatic N) is 3. The number of carbonyl (C=O) groups is 1. The van der Waals surface area contributed by atoms with Crippen LogP contribution in [0, 0.1) is 0 Å². The summed E-state index contributed by atoms with van der Waals surface area (Å²) in [6.45, 7) is 2.33. The van der Waals surface area contributed by atoms with Gasteiger partial charge in [0, 0.05) is 12.6 Å². The highest BCUT2D eigenvalue weighted by Crippen LogP contribution is 2.37. The van der Waals surface area contributed by atoms with Crippen LogP contribution in [0.25, 0.3) is 10.9 Å². The van der Waals surface area contributed by atoms with Gasteiger partial charge in [-0.1, -0.05) is 0 Å². The summed E-state index contributed by atoms with van der Waals surface area (Å²) in [6, 6.07) is 3.25. The van der Waals surface area contributed by atoms with Gasteiger partial charge in [-0.3, -0.25) is 14.3 Å². The second-order valence-electron chi connectivity index (χ2n) is 5.09. The van der Waals surface area contributed by atoms with E-state index < -0.39 is 17.1 Å². The second kappa shape index (κ2) is 5.26. The molecule has 0 spiro atoms. The van der Waals surface area contributed by atoms with Gasteiger partial charge in [-0.25, -0.2) is 4.90 Å². The average molecular weight is 324 g/mol. The van der Waals surface area contributed by atoms with Gasteiger partial charge in [0.1, 0.15) is 0 Å². The summed E-state index contributed by atoms with van der Waals surface area (Å²) in [5.41, 5.74) is -0.241. The fourth-order valence-corrected chi connectivity index (χ4v) is 2.42. The smallest absolute Gasteiger partial charge is 0.304 e. The lowest BCUT2D eigenvalue weighted by molar-refractivity contribution is -0.0614. The molecule has 0 radical (unpaired) electrons. The summed E-state index contributed by atoms with van der Waals surface area (Å²) in [7, 11) is 3.63. The highest BCUT2D eigenvalue weighted by atomic mass is 35.5. The number of carbonyl (C=O) groups excluding carboxylic acids is 1. The van der Waals surface area contributed by atoms with Crippen LogP contribution in [-0.2, 0) is 6.54 Å². The first-order valence-corrected chi connectivity index (χ1v) is 7.08. The molecule has 1 aromatic carbocycles. The van der Waals surface area contributed by atoms with Crippen LogP contribution in [0.1, 0.15) is 17.4 Å². The van der Waals surface area contributed by atoms with Crippen molar-refractivity contribution < 1.29 is 14.3 Å². The van der Waals surface area contributed by atoms with Crippen molar-refractivity contribution in [1.82, 2.24) is 14.7 Å². The molecule has 1 unspecified atom stereocenters. The monoisotopic (exact) mass is 323 g/mol. The zero-order chi connectivity index (χ0) is 16.0. The first-order valence-electron chi connectivity index (χ1n) is 6.70. The van der Waals surface area contributed by atoms with Crippen molar-refractivity contribution in [2.45, 2.75) is 19.9 Å². The van der Waals surface area contributed by atoms with Gasteiger partial charge in [0.15, 0.2) is 17.2 Å². The van der Waals surface area contributed by atoms with Crippen molar-refractivity contribution in [3.8, 4) is 11.5 Å². The Balaban J connectivity index is 2.26. The zero-order valence-electron chi connectivity index (χ0n) is 12.3. The van der Waals surface area contributed by atoms with E-state index in [0.29, 0.717) is 28.9 Å². The van der Waals surface area contributed by atoms with Crippen molar-refractivity contribution >= 4 is 27.7 Å². The molecule has 0 bridgehead atoms. The molecule has 0 saturated carbocycles. The molecular formula is C14H14ClN3O4. The van der Waals surface area contributed by atoms with E-state index in [0.717, 1.165) is 0 Å². The Morgan fingerprint density at radius 2 is 2.00 bits per heavy atom. The minimum absolute atomic E-state index is 0.293. The number of aromatic nitrogens is 2. The van der Waals surface area contributed by atoms with Gasteiger partial charge in [0.05, 0.1) is 10.9 Å². The summed E-state index contributed by atoms with van der Waals surface area (Å²) in [5, 5.41) is 3.46. The van der Waals surface area contributed by atoms with E-state index in [1.807, 2.05) is 21.0 Å².